The van der Waals surface area contributed by atoms with Gasteiger partial charge in [-0.3, -0.25) is 9.59 Å². The molecular weight excluding hydrogens is 419 g/mol. The van der Waals surface area contributed by atoms with Gasteiger partial charge in [-0.2, -0.15) is 0 Å². The van der Waals surface area contributed by atoms with Gasteiger partial charge in [0.05, 0.1) is 5.69 Å². The summed E-state index contributed by atoms with van der Waals surface area (Å²) in [6, 6.07) is 24.2. The fourth-order valence-corrected chi connectivity index (χ4v) is 3.21. The van der Waals surface area contributed by atoms with Crippen LogP contribution in [-0.4, -0.2) is 21.7 Å². The van der Waals surface area contributed by atoms with Crippen molar-refractivity contribution in [3.05, 3.63) is 103 Å². The van der Waals surface area contributed by atoms with Crippen LogP contribution in [0.2, 0.25) is 0 Å². The molecule has 0 fully saturated rings. The van der Waals surface area contributed by atoms with Gasteiger partial charge in [0.1, 0.15) is 18.0 Å². The quantitative estimate of drug-likeness (QED) is 0.347. The largest absolute Gasteiger partial charge is 0.340 e. The number of amides is 1. The van der Waals surface area contributed by atoms with Gasteiger partial charge in [-0.05, 0) is 48.5 Å². The van der Waals surface area contributed by atoms with Crippen LogP contribution >= 0.6 is 0 Å². The molecule has 0 radical (unpaired) electrons. The standard InChI is InChI=1S/C26H21FN4O2/c27-20-8-6-19(7-9-20)24(32)14-15-26(33)31-22-12-10-21(11-13-22)30-25-16-23(28-17-29-25)18-4-2-1-3-5-18/h1-13,16-17H,14-15H2,(H,31,33)(H,28,29,30). The van der Waals surface area contributed by atoms with E-state index >= 15 is 0 Å². The summed E-state index contributed by atoms with van der Waals surface area (Å²) >= 11 is 0. The van der Waals surface area contributed by atoms with E-state index in [0.717, 1.165) is 16.9 Å². The van der Waals surface area contributed by atoms with Crippen molar-refractivity contribution in [1.82, 2.24) is 9.97 Å². The molecule has 6 nitrogen and oxygen atoms in total. The second-order valence-electron chi connectivity index (χ2n) is 7.34. The Morgan fingerprint density at radius 3 is 2.21 bits per heavy atom. The van der Waals surface area contributed by atoms with Gasteiger partial charge in [0, 0.05) is 41.4 Å². The molecule has 1 aromatic heterocycles. The molecule has 33 heavy (non-hydrogen) atoms. The molecule has 0 aliphatic carbocycles. The molecule has 0 bridgehead atoms. The first kappa shape index (κ1) is 21.8. The normalized spacial score (nSPS) is 10.5. The van der Waals surface area contributed by atoms with Gasteiger partial charge >= 0.3 is 0 Å². The third-order valence-corrected chi connectivity index (χ3v) is 4.92. The van der Waals surface area contributed by atoms with Crippen LogP contribution < -0.4 is 10.6 Å². The van der Waals surface area contributed by atoms with Gasteiger partial charge in [-0.25, -0.2) is 14.4 Å². The Kier molecular flexibility index (Phi) is 6.80. The van der Waals surface area contributed by atoms with E-state index in [9.17, 15) is 14.0 Å². The maximum Gasteiger partial charge on any atom is 0.224 e. The summed E-state index contributed by atoms with van der Waals surface area (Å²) in [5.74, 6) is -0.225. The van der Waals surface area contributed by atoms with Crippen LogP contribution in [0.1, 0.15) is 23.2 Å². The second-order valence-corrected chi connectivity index (χ2v) is 7.34. The first-order valence-corrected chi connectivity index (χ1v) is 10.4. The van der Waals surface area contributed by atoms with Gasteiger partial charge in [0.25, 0.3) is 0 Å². The topological polar surface area (TPSA) is 84.0 Å². The zero-order valence-electron chi connectivity index (χ0n) is 17.7. The van der Waals surface area contributed by atoms with E-state index in [1.54, 1.807) is 12.1 Å². The number of hydrogen-bond acceptors (Lipinski definition) is 5. The molecule has 2 N–H and O–H groups in total. The van der Waals surface area contributed by atoms with E-state index in [4.69, 9.17) is 0 Å². The molecule has 7 heteroatoms. The summed E-state index contributed by atoms with van der Waals surface area (Å²) in [5, 5.41) is 6.00. The van der Waals surface area contributed by atoms with Crippen molar-refractivity contribution in [2.24, 2.45) is 0 Å². The molecule has 0 atom stereocenters. The fourth-order valence-electron chi connectivity index (χ4n) is 3.21. The molecule has 3 aromatic carbocycles. The first-order chi connectivity index (χ1) is 16.1. The Morgan fingerprint density at radius 1 is 0.788 bits per heavy atom. The number of rotatable bonds is 8. The van der Waals surface area contributed by atoms with E-state index in [2.05, 4.69) is 20.6 Å². The molecule has 0 spiro atoms. The smallest absolute Gasteiger partial charge is 0.224 e. The fraction of sp³-hybridized carbons (Fsp3) is 0.0769. The summed E-state index contributed by atoms with van der Waals surface area (Å²) in [6.45, 7) is 0. The number of Topliss-reactive ketones (excluding diaryl/α,β-unsaturated/α-hetero) is 1. The Bertz CT molecular complexity index is 1240. The van der Waals surface area contributed by atoms with Crippen LogP contribution in [0, 0.1) is 5.82 Å². The minimum Gasteiger partial charge on any atom is -0.340 e. The van der Waals surface area contributed by atoms with Gasteiger partial charge in [-0.1, -0.05) is 30.3 Å². The molecule has 164 valence electrons. The van der Waals surface area contributed by atoms with Crippen LogP contribution in [0.25, 0.3) is 11.3 Å². The third kappa shape index (κ3) is 6.07. The lowest BCUT2D eigenvalue weighted by Crippen LogP contribution is -2.13. The number of aromatic nitrogens is 2. The molecular formula is C26H21FN4O2. The SMILES string of the molecule is O=C(CCC(=O)c1ccc(F)cc1)Nc1ccc(Nc2cc(-c3ccccc3)ncn2)cc1. The number of benzene rings is 3. The minimum absolute atomic E-state index is 0.0411. The first-order valence-electron chi connectivity index (χ1n) is 10.4. The van der Waals surface area contributed by atoms with Gasteiger partial charge in [-0.15, -0.1) is 0 Å². The van der Waals surface area contributed by atoms with E-state index in [-0.39, 0.29) is 24.5 Å². The highest BCUT2D eigenvalue weighted by molar-refractivity contribution is 6.00. The molecule has 4 rings (SSSR count). The Hall–Kier alpha value is -4.39. The van der Waals surface area contributed by atoms with Crippen LogP contribution in [0.4, 0.5) is 21.6 Å². The number of carbonyl (C=O) groups excluding carboxylic acids is 2. The van der Waals surface area contributed by atoms with Crippen molar-refractivity contribution in [2.45, 2.75) is 12.8 Å². The zero-order valence-corrected chi connectivity index (χ0v) is 17.7. The predicted molar refractivity (Wildman–Crippen MR) is 126 cm³/mol. The molecule has 0 saturated heterocycles. The molecule has 4 aromatic rings. The molecule has 0 aliphatic rings. The number of carbonyl (C=O) groups is 2. The maximum absolute atomic E-state index is 13.0. The Balaban J connectivity index is 1.31. The Morgan fingerprint density at radius 2 is 1.48 bits per heavy atom. The number of nitrogens with zero attached hydrogens (tertiary/aromatic N) is 2. The monoisotopic (exact) mass is 440 g/mol. The molecule has 0 unspecified atom stereocenters. The van der Waals surface area contributed by atoms with Crippen molar-refractivity contribution < 1.29 is 14.0 Å². The lowest BCUT2D eigenvalue weighted by atomic mass is 10.1. The highest BCUT2D eigenvalue weighted by Gasteiger charge is 2.10. The number of ketones is 1. The highest BCUT2D eigenvalue weighted by Crippen LogP contribution is 2.22. The maximum atomic E-state index is 13.0. The lowest BCUT2D eigenvalue weighted by molar-refractivity contribution is -0.116. The van der Waals surface area contributed by atoms with Crippen molar-refractivity contribution in [3.63, 3.8) is 0 Å². The van der Waals surface area contributed by atoms with Gasteiger partial charge < -0.3 is 10.6 Å². The van der Waals surface area contributed by atoms with Gasteiger partial charge in [0.15, 0.2) is 5.78 Å². The van der Waals surface area contributed by atoms with Crippen molar-refractivity contribution in [1.29, 1.82) is 0 Å². The number of hydrogen-bond donors (Lipinski definition) is 2. The number of nitrogens with one attached hydrogen (secondary N) is 2. The van der Waals surface area contributed by atoms with Crippen LogP contribution in [0.15, 0.2) is 91.3 Å². The number of halogens is 1. The molecule has 1 amide bonds. The summed E-state index contributed by atoms with van der Waals surface area (Å²) < 4.78 is 13.0. The molecule has 0 saturated carbocycles. The van der Waals surface area contributed by atoms with Gasteiger partial charge in [0.2, 0.25) is 5.91 Å². The van der Waals surface area contributed by atoms with Crippen molar-refractivity contribution in [3.8, 4) is 11.3 Å². The van der Waals surface area contributed by atoms with E-state index < -0.39 is 5.82 Å². The lowest BCUT2D eigenvalue weighted by Gasteiger charge is -2.09. The summed E-state index contributed by atoms with van der Waals surface area (Å²) in [4.78, 5) is 32.9. The summed E-state index contributed by atoms with van der Waals surface area (Å²) in [5.41, 5.74) is 3.62. The second kappa shape index (κ2) is 10.3. The number of anilines is 3. The van der Waals surface area contributed by atoms with Crippen LogP contribution in [0.3, 0.4) is 0 Å². The minimum atomic E-state index is -0.404. The average Bonchev–Trinajstić information content (AvgIpc) is 2.85. The van der Waals surface area contributed by atoms with E-state index in [1.165, 1.54) is 30.6 Å². The Labute approximate surface area is 190 Å². The molecule has 0 aliphatic heterocycles. The highest BCUT2D eigenvalue weighted by atomic mass is 19.1. The van der Waals surface area contributed by atoms with E-state index in [0.29, 0.717) is 17.1 Å². The third-order valence-electron chi connectivity index (χ3n) is 4.92. The summed E-state index contributed by atoms with van der Waals surface area (Å²) in [7, 11) is 0. The zero-order chi connectivity index (χ0) is 23.0. The molecule has 1 heterocycles. The average molecular weight is 440 g/mol. The predicted octanol–water partition coefficient (Wildman–Crippen LogP) is 5.63. The van der Waals surface area contributed by atoms with Crippen LogP contribution in [0.5, 0.6) is 0 Å². The van der Waals surface area contributed by atoms with Crippen molar-refractivity contribution in [2.75, 3.05) is 10.6 Å². The van der Waals surface area contributed by atoms with Crippen molar-refractivity contribution >= 4 is 28.9 Å². The summed E-state index contributed by atoms with van der Waals surface area (Å²) in [6.07, 6.45) is 1.60. The van der Waals surface area contributed by atoms with Crippen LogP contribution in [-0.2, 0) is 4.79 Å². The van der Waals surface area contributed by atoms with E-state index in [1.807, 2.05) is 48.5 Å².